The maximum absolute atomic E-state index is 12.4. The Labute approximate surface area is 129 Å². The molecule has 2 rings (SSSR count). The van der Waals surface area contributed by atoms with Crippen LogP contribution in [-0.4, -0.2) is 80.0 Å². The zero-order valence-corrected chi connectivity index (χ0v) is 13.8. The van der Waals surface area contributed by atoms with E-state index in [4.69, 9.17) is 5.73 Å². The number of rotatable bonds is 5. The number of nitrogens with zero attached hydrogens (tertiary/aromatic N) is 3. The van der Waals surface area contributed by atoms with E-state index in [1.165, 1.54) is 0 Å². The third-order valence-electron chi connectivity index (χ3n) is 4.94. The Hall–Kier alpha value is -0.650. The monoisotopic (exact) mass is 296 g/mol. The zero-order chi connectivity index (χ0) is 15.2. The van der Waals surface area contributed by atoms with Crippen LogP contribution in [0.3, 0.4) is 0 Å². The largest absolute Gasteiger partial charge is 0.340 e. The molecule has 1 aliphatic heterocycles. The standard InChI is InChI=1S/C16H32N4O/c1-18(2)7-8-19-9-11-20(12-10-19)16(21)13-14-3-5-15(17)6-4-14/h14-15H,3-13,17H2,1-2H3. The van der Waals surface area contributed by atoms with E-state index in [2.05, 4.69) is 28.8 Å². The number of piperazine rings is 1. The SMILES string of the molecule is CN(C)CCN1CCN(C(=O)CC2CCC(N)CC2)CC1. The topological polar surface area (TPSA) is 52.8 Å². The van der Waals surface area contributed by atoms with Gasteiger partial charge in [-0.2, -0.15) is 0 Å². The Morgan fingerprint density at radius 3 is 2.29 bits per heavy atom. The molecule has 1 aliphatic carbocycles. The normalized spacial score (nSPS) is 28.1. The Bertz CT molecular complexity index is 318. The van der Waals surface area contributed by atoms with Crippen LogP contribution in [0.15, 0.2) is 0 Å². The minimum atomic E-state index is 0.364. The smallest absolute Gasteiger partial charge is 0.222 e. The molecule has 0 bridgehead atoms. The van der Waals surface area contributed by atoms with Crippen LogP contribution in [0.5, 0.6) is 0 Å². The second-order valence-corrected chi connectivity index (χ2v) is 7.01. The lowest BCUT2D eigenvalue weighted by molar-refractivity contribution is -0.134. The molecule has 1 amide bonds. The van der Waals surface area contributed by atoms with Gasteiger partial charge in [0.15, 0.2) is 0 Å². The molecule has 0 unspecified atom stereocenters. The van der Waals surface area contributed by atoms with Crippen molar-refractivity contribution in [1.29, 1.82) is 0 Å². The van der Waals surface area contributed by atoms with Crippen LogP contribution in [0.1, 0.15) is 32.1 Å². The van der Waals surface area contributed by atoms with Gasteiger partial charge in [0, 0.05) is 51.7 Å². The lowest BCUT2D eigenvalue weighted by Crippen LogP contribution is -2.50. The minimum Gasteiger partial charge on any atom is -0.340 e. The van der Waals surface area contributed by atoms with Crippen LogP contribution >= 0.6 is 0 Å². The van der Waals surface area contributed by atoms with Crippen molar-refractivity contribution in [2.45, 2.75) is 38.1 Å². The highest BCUT2D eigenvalue weighted by Crippen LogP contribution is 2.26. The Kier molecular flexibility index (Phi) is 6.45. The number of hydrogen-bond acceptors (Lipinski definition) is 4. The molecule has 0 radical (unpaired) electrons. The van der Waals surface area contributed by atoms with E-state index in [9.17, 15) is 4.79 Å². The quantitative estimate of drug-likeness (QED) is 0.807. The van der Waals surface area contributed by atoms with E-state index in [0.717, 1.165) is 71.4 Å². The van der Waals surface area contributed by atoms with Gasteiger partial charge < -0.3 is 15.5 Å². The van der Waals surface area contributed by atoms with Crippen molar-refractivity contribution >= 4 is 5.91 Å². The highest BCUT2D eigenvalue weighted by Gasteiger charge is 2.25. The van der Waals surface area contributed by atoms with Gasteiger partial charge in [0.25, 0.3) is 0 Å². The van der Waals surface area contributed by atoms with Crippen molar-refractivity contribution in [3.8, 4) is 0 Å². The number of amides is 1. The number of hydrogen-bond donors (Lipinski definition) is 1. The molecule has 0 aromatic rings. The summed E-state index contributed by atoms with van der Waals surface area (Å²) in [5.41, 5.74) is 5.93. The molecule has 2 fully saturated rings. The van der Waals surface area contributed by atoms with Crippen molar-refractivity contribution in [2.24, 2.45) is 11.7 Å². The molecule has 1 heterocycles. The van der Waals surface area contributed by atoms with Crippen molar-refractivity contribution in [2.75, 3.05) is 53.4 Å². The molecule has 5 nitrogen and oxygen atoms in total. The van der Waals surface area contributed by atoms with Crippen molar-refractivity contribution in [3.05, 3.63) is 0 Å². The molecule has 5 heteroatoms. The average molecular weight is 296 g/mol. The first kappa shape index (κ1) is 16.7. The lowest BCUT2D eigenvalue weighted by atomic mass is 9.84. The molecule has 122 valence electrons. The summed E-state index contributed by atoms with van der Waals surface area (Å²) in [6.45, 7) is 6.05. The Morgan fingerprint density at radius 1 is 1.10 bits per heavy atom. The maximum atomic E-state index is 12.4. The van der Waals surface area contributed by atoms with Gasteiger partial charge in [-0.05, 0) is 45.7 Å². The Morgan fingerprint density at radius 2 is 1.71 bits per heavy atom. The molecule has 21 heavy (non-hydrogen) atoms. The molecule has 0 aromatic heterocycles. The first-order chi connectivity index (χ1) is 10.0. The van der Waals surface area contributed by atoms with E-state index >= 15 is 0 Å². The number of nitrogens with two attached hydrogens (primary N) is 1. The number of carbonyl (C=O) groups excluding carboxylic acids is 1. The summed E-state index contributed by atoms with van der Waals surface area (Å²) in [5.74, 6) is 0.937. The fraction of sp³-hybridized carbons (Fsp3) is 0.938. The van der Waals surface area contributed by atoms with Gasteiger partial charge in [-0.1, -0.05) is 0 Å². The van der Waals surface area contributed by atoms with Gasteiger partial charge in [0.1, 0.15) is 0 Å². The van der Waals surface area contributed by atoms with Gasteiger partial charge in [-0.15, -0.1) is 0 Å². The van der Waals surface area contributed by atoms with Crippen LogP contribution in [0.4, 0.5) is 0 Å². The van der Waals surface area contributed by atoms with Crippen molar-refractivity contribution in [1.82, 2.24) is 14.7 Å². The maximum Gasteiger partial charge on any atom is 0.222 e. The van der Waals surface area contributed by atoms with Gasteiger partial charge in [0.05, 0.1) is 0 Å². The van der Waals surface area contributed by atoms with Gasteiger partial charge in [-0.3, -0.25) is 9.69 Å². The molecule has 2 N–H and O–H groups in total. The molecule has 1 saturated heterocycles. The zero-order valence-electron chi connectivity index (χ0n) is 13.8. The molecule has 2 aliphatic rings. The molecular weight excluding hydrogens is 264 g/mol. The van der Waals surface area contributed by atoms with E-state index in [0.29, 0.717) is 17.9 Å². The van der Waals surface area contributed by atoms with E-state index in [-0.39, 0.29) is 0 Å². The predicted octanol–water partition coefficient (Wildman–Crippen LogP) is 0.600. The van der Waals surface area contributed by atoms with Crippen LogP contribution in [-0.2, 0) is 4.79 Å². The Balaban J connectivity index is 1.66. The van der Waals surface area contributed by atoms with Crippen molar-refractivity contribution < 1.29 is 4.79 Å². The van der Waals surface area contributed by atoms with Crippen LogP contribution < -0.4 is 5.73 Å². The second kappa shape index (κ2) is 8.11. The van der Waals surface area contributed by atoms with Gasteiger partial charge in [0.2, 0.25) is 5.91 Å². The lowest BCUT2D eigenvalue weighted by Gasteiger charge is -2.36. The van der Waals surface area contributed by atoms with Gasteiger partial charge >= 0.3 is 0 Å². The third-order valence-corrected chi connectivity index (χ3v) is 4.94. The summed E-state index contributed by atoms with van der Waals surface area (Å²) in [6.07, 6.45) is 5.20. The van der Waals surface area contributed by atoms with Crippen molar-refractivity contribution in [3.63, 3.8) is 0 Å². The van der Waals surface area contributed by atoms with Crippen LogP contribution in [0.2, 0.25) is 0 Å². The van der Waals surface area contributed by atoms with Gasteiger partial charge in [-0.25, -0.2) is 0 Å². The third kappa shape index (κ3) is 5.57. The number of likely N-dealkylation sites (N-methyl/N-ethyl adjacent to an activating group) is 1. The van der Waals surface area contributed by atoms with Crippen LogP contribution in [0.25, 0.3) is 0 Å². The first-order valence-corrected chi connectivity index (χ1v) is 8.45. The van der Waals surface area contributed by atoms with Crippen LogP contribution in [0, 0.1) is 5.92 Å². The summed E-state index contributed by atoms with van der Waals surface area (Å²) in [6, 6.07) is 0.372. The summed E-state index contributed by atoms with van der Waals surface area (Å²) in [5, 5.41) is 0. The second-order valence-electron chi connectivity index (χ2n) is 7.01. The molecule has 0 atom stereocenters. The molecule has 1 saturated carbocycles. The average Bonchev–Trinajstić information content (AvgIpc) is 2.48. The van der Waals surface area contributed by atoms with E-state index in [1.807, 2.05) is 0 Å². The number of carbonyl (C=O) groups is 1. The fourth-order valence-corrected chi connectivity index (χ4v) is 3.33. The summed E-state index contributed by atoms with van der Waals surface area (Å²) >= 11 is 0. The summed E-state index contributed by atoms with van der Waals surface area (Å²) in [4.78, 5) is 19.1. The predicted molar refractivity (Wildman–Crippen MR) is 86.1 cm³/mol. The summed E-state index contributed by atoms with van der Waals surface area (Å²) < 4.78 is 0. The summed E-state index contributed by atoms with van der Waals surface area (Å²) in [7, 11) is 4.21. The minimum absolute atomic E-state index is 0.364. The molecule has 0 aromatic carbocycles. The van der Waals surface area contributed by atoms with E-state index in [1.54, 1.807) is 0 Å². The first-order valence-electron chi connectivity index (χ1n) is 8.45. The highest BCUT2D eigenvalue weighted by atomic mass is 16.2. The van der Waals surface area contributed by atoms with E-state index < -0.39 is 0 Å². The fourth-order valence-electron chi connectivity index (χ4n) is 3.33. The highest BCUT2D eigenvalue weighted by molar-refractivity contribution is 5.76. The molecular formula is C16H32N4O. The molecule has 0 spiro atoms.